The topological polar surface area (TPSA) is 38.8 Å². The fraction of sp³-hybridized carbons (Fsp3) is 0.154. The van der Waals surface area contributed by atoms with Gasteiger partial charge >= 0.3 is 0 Å². The second-order valence-electron chi connectivity index (χ2n) is 7.64. The van der Waals surface area contributed by atoms with Gasteiger partial charge in [0.2, 0.25) is 0 Å². The molecule has 0 radical (unpaired) electrons. The van der Waals surface area contributed by atoms with Crippen LogP contribution < -0.4 is 14.4 Å². The van der Waals surface area contributed by atoms with E-state index in [0.717, 1.165) is 22.4 Å². The van der Waals surface area contributed by atoms with Gasteiger partial charge in [-0.3, -0.25) is 9.69 Å². The molecule has 1 fully saturated rings. The van der Waals surface area contributed by atoms with Crippen molar-refractivity contribution in [3.05, 3.63) is 90.7 Å². The van der Waals surface area contributed by atoms with E-state index < -0.39 is 0 Å². The Hall–Kier alpha value is -2.03. The van der Waals surface area contributed by atoms with Crippen molar-refractivity contribution in [1.82, 2.24) is 0 Å². The number of nitrogens with zero attached hydrogens (tertiary/aromatic N) is 1. The smallest absolute Gasteiger partial charge is 0.270 e. The summed E-state index contributed by atoms with van der Waals surface area (Å²) in [6.07, 6.45) is 1.81. The number of benzene rings is 3. The minimum absolute atomic E-state index is 0.155. The predicted molar refractivity (Wildman–Crippen MR) is 153 cm³/mol. The van der Waals surface area contributed by atoms with Crippen LogP contribution in [0.1, 0.15) is 23.6 Å². The summed E-state index contributed by atoms with van der Waals surface area (Å²) in [6, 6.07) is 16.7. The van der Waals surface area contributed by atoms with E-state index in [2.05, 4.69) is 15.9 Å². The number of thiocarbonyl (C=S) groups is 1. The summed E-state index contributed by atoms with van der Waals surface area (Å²) in [6.45, 7) is 4.56. The van der Waals surface area contributed by atoms with Crippen molar-refractivity contribution in [2.24, 2.45) is 0 Å². The first kappa shape index (κ1) is 26.0. The zero-order valence-electron chi connectivity index (χ0n) is 18.8. The van der Waals surface area contributed by atoms with Crippen LogP contribution in [0.15, 0.2) is 64.0 Å². The highest BCUT2D eigenvalue weighted by Gasteiger charge is 2.33. The molecule has 9 heteroatoms. The normalized spacial score (nSPS) is 14.7. The fourth-order valence-electron chi connectivity index (χ4n) is 3.47. The van der Waals surface area contributed by atoms with Gasteiger partial charge in [-0.1, -0.05) is 65.4 Å². The first-order valence-corrected chi connectivity index (χ1v) is 13.4. The largest absolute Gasteiger partial charge is 0.490 e. The second-order valence-corrected chi connectivity index (χ2v) is 11.0. The van der Waals surface area contributed by atoms with Crippen LogP contribution in [0.5, 0.6) is 11.5 Å². The Morgan fingerprint density at radius 1 is 1.11 bits per heavy atom. The maximum absolute atomic E-state index is 13.2. The molecule has 0 N–H and O–H groups in total. The van der Waals surface area contributed by atoms with Crippen LogP contribution in [0.2, 0.25) is 10.0 Å². The third-order valence-corrected chi connectivity index (χ3v) is 7.55. The molecule has 1 aliphatic heterocycles. The molecule has 0 aliphatic carbocycles. The Morgan fingerprint density at radius 3 is 2.63 bits per heavy atom. The third kappa shape index (κ3) is 6.04. The number of halogens is 3. The summed E-state index contributed by atoms with van der Waals surface area (Å²) in [5, 5.41) is 1.09. The van der Waals surface area contributed by atoms with E-state index >= 15 is 0 Å². The third-order valence-electron chi connectivity index (χ3n) is 5.07. The number of carbonyl (C=O) groups is 1. The zero-order chi connectivity index (χ0) is 25.1. The molecular formula is C26H20BrCl2NO3S2. The number of anilines is 1. The van der Waals surface area contributed by atoms with Crippen molar-refractivity contribution in [2.45, 2.75) is 20.5 Å². The van der Waals surface area contributed by atoms with Crippen LogP contribution in [0.3, 0.4) is 0 Å². The molecule has 1 aliphatic rings. The quantitative estimate of drug-likeness (QED) is 0.199. The van der Waals surface area contributed by atoms with Crippen LogP contribution in [0.25, 0.3) is 6.08 Å². The number of amides is 1. The number of hydrogen-bond donors (Lipinski definition) is 0. The van der Waals surface area contributed by atoms with E-state index in [1.54, 1.807) is 17.0 Å². The fourth-order valence-corrected chi connectivity index (χ4v) is 5.81. The highest BCUT2D eigenvalue weighted by atomic mass is 79.9. The van der Waals surface area contributed by atoms with E-state index in [1.165, 1.54) is 11.8 Å². The minimum atomic E-state index is -0.155. The summed E-state index contributed by atoms with van der Waals surface area (Å²) in [4.78, 5) is 15.3. The highest BCUT2D eigenvalue weighted by Crippen LogP contribution is 2.41. The number of hydrogen-bond acceptors (Lipinski definition) is 5. The van der Waals surface area contributed by atoms with Crippen molar-refractivity contribution < 1.29 is 14.3 Å². The maximum Gasteiger partial charge on any atom is 0.270 e. The standard InChI is InChI=1S/C26H20BrCl2NO3S2/c1-3-32-22-11-16(10-20(27)24(22)33-14-17-7-8-18(28)13-21(17)29)12-23-25(31)30(26(34)35-23)19-6-4-5-15(2)9-19/h4-13H,3,14H2,1-2H3/b23-12+. The molecule has 0 unspecified atom stereocenters. The van der Waals surface area contributed by atoms with Crippen LogP contribution >= 0.6 is 63.1 Å². The molecule has 0 atom stereocenters. The van der Waals surface area contributed by atoms with Crippen LogP contribution in [-0.2, 0) is 11.4 Å². The molecule has 0 bridgehead atoms. The highest BCUT2D eigenvalue weighted by molar-refractivity contribution is 9.10. The van der Waals surface area contributed by atoms with Gasteiger partial charge in [0.25, 0.3) is 5.91 Å². The van der Waals surface area contributed by atoms with Crippen molar-refractivity contribution in [3.63, 3.8) is 0 Å². The number of carbonyl (C=O) groups excluding carboxylic acids is 1. The summed E-state index contributed by atoms with van der Waals surface area (Å²) >= 11 is 22.6. The molecule has 1 heterocycles. The number of thioether (sulfide) groups is 1. The summed E-state index contributed by atoms with van der Waals surface area (Å²) in [5.74, 6) is 0.937. The van der Waals surface area contributed by atoms with Gasteiger partial charge in [-0.2, -0.15) is 0 Å². The van der Waals surface area contributed by atoms with Gasteiger partial charge in [0, 0.05) is 15.6 Å². The SMILES string of the molecule is CCOc1cc(/C=C2/SC(=S)N(c3cccc(C)c3)C2=O)cc(Br)c1OCc1ccc(Cl)cc1Cl. The van der Waals surface area contributed by atoms with Crippen LogP contribution in [0.4, 0.5) is 5.69 Å². The molecule has 180 valence electrons. The lowest BCUT2D eigenvalue weighted by atomic mass is 10.1. The van der Waals surface area contributed by atoms with Gasteiger partial charge in [0.1, 0.15) is 6.61 Å². The second kappa shape index (κ2) is 11.4. The van der Waals surface area contributed by atoms with Crippen LogP contribution in [0, 0.1) is 6.92 Å². The van der Waals surface area contributed by atoms with Crippen LogP contribution in [-0.4, -0.2) is 16.8 Å². The van der Waals surface area contributed by atoms with Gasteiger partial charge in [-0.25, -0.2) is 0 Å². The molecule has 3 aromatic carbocycles. The summed E-state index contributed by atoms with van der Waals surface area (Å²) in [7, 11) is 0. The van der Waals surface area contributed by atoms with Gasteiger partial charge in [-0.05, 0) is 83.4 Å². The number of rotatable bonds is 7. The van der Waals surface area contributed by atoms with Gasteiger partial charge in [0.15, 0.2) is 15.8 Å². The monoisotopic (exact) mass is 607 g/mol. The molecule has 1 saturated heterocycles. The van der Waals surface area contributed by atoms with E-state index in [9.17, 15) is 4.79 Å². The van der Waals surface area contributed by atoms with Crippen molar-refractivity contribution in [1.29, 1.82) is 0 Å². The van der Waals surface area contributed by atoms with E-state index in [4.69, 9.17) is 44.9 Å². The molecule has 0 aromatic heterocycles. The van der Waals surface area contributed by atoms with E-state index in [1.807, 2.05) is 62.4 Å². The lowest BCUT2D eigenvalue weighted by molar-refractivity contribution is -0.113. The lowest BCUT2D eigenvalue weighted by Gasteiger charge is -2.16. The van der Waals surface area contributed by atoms with Gasteiger partial charge < -0.3 is 9.47 Å². The molecule has 0 spiro atoms. The van der Waals surface area contributed by atoms with E-state index in [0.29, 0.717) is 41.8 Å². The summed E-state index contributed by atoms with van der Waals surface area (Å²) in [5.41, 5.74) is 3.40. The molecule has 0 saturated carbocycles. The Balaban J connectivity index is 1.61. The maximum atomic E-state index is 13.2. The molecule has 35 heavy (non-hydrogen) atoms. The number of aryl methyl sites for hydroxylation is 1. The Kier molecular flexibility index (Phi) is 8.45. The van der Waals surface area contributed by atoms with Crippen molar-refractivity contribution in [2.75, 3.05) is 11.5 Å². The lowest BCUT2D eigenvalue weighted by Crippen LogP contribution is -2.27. The Bertz CT molecular complexity index is 1350. The predicted octanol–water partition coefficient (Wildman–Crippen LogP) is 8.45. The molecule has 4 rings (SSSR count). The average molecular weight is 609 g/mol. The molecule has 1 amide bonds. The van der Waals surface area contributed by atoms with E-state index in [-0.39, 0.29) is 12.5 Å². The first-order chi connectivity index (χ1) is 16.8. The minimum Gasteiger partial charge on any atom is -0.490 e. The summed E-state index contributed by atoms with van der Waals surface area (Å²) < 4.78 is 13.1. The van der Waals surface area contributed by atoms with Gasteiger partial charge in [0.05, 0.1) is 21.7 Å². The molecule has 4 nitrogen and oxygen atoms in total. The average Bonchev–Trinajstić information content (AvgIpc) is 3.07. The zero-order valence-corrected chi connectivity index (χ0v) is 23.5. The molecular weight excluding hydrogens is 589 g/mol. The molecule has 3 aromatic rings. The van der Waals surface area contributed by atoms with Crippen molar-refractivity contribution in [3.8, 4) is 11.5 Å². The number of ether oxygens (including phenoxy) is 2. The Labute approximate surface area is 232 Å². The first-order valence-electron chi connectivity index (χ1n) is 10.6. The van der Waals surface area contributed by atoms with Crippen molar-refractivity contribution >= 4 is 85.1 Å². The Morgan fingerprint density at radius 2 is 1.91 bits per heavy atom. The van der Waals surface area contributed by atoms with Gasteiger partial charge in [-0.15, -0.1) is 0 Å².